The van der Waals surface area contributed by atoms with Crippen LogP contribution in [0.25, 0.3) is 5.57 Å². The highest BCUT2D eigenvalue weighted by Crippen LogP contribution is 2.55. The van der Waals surface area contributed by atoms with Gasteiger partial charge < -0.3 is 29.3 Å². The summed E-state index contributed by atoms with van der Waals surface area (Å²) in [5.41, 5.74) is 11.2. The Kier molecular flexibility index (Phi) is 19.8. The van der Waals surface area contributed by atoms with Crippen molar-refractivity contribution in [2.75, 3.05) is 41.4 Å². The fourth-order valence-corrected chi connectivity index (χ4v) is 9.00. The van der Waals surface area contributed by atoms with Crippen LogP contribution >= 0.6 is 0 Å². The van der Waals surface area contributed by atoms with Gasteiger partial charge >= 0.3 is 7.12 Å². The lowest BCUT2D eigenvalue weighted by Gasteiger charge is -2.42. The molecule has 1 heterocycles. The van der Waals surface area contributed by atoms with Gasteiger partial charge in [0.05, 0.1) is 6.61 Å². The maximum Gasteiger partial charge on any atom is 0.458 e. The van der Waals surface area contributed by atoms with Crippen molar-refractivity contribution in [1.29, 1.82) is 0 Å². The summed E-state index contributed by atoms with van der Waals surface area (Å²) >= 11 is 0. The Hall–Kier alpha value is -2.98. The van der Waals surface area contributed by atoms with Gasteiger partial charge in [0.1, 0.15) is 0 Å². The van der Waals surface area contributed by atoms with Crippen LogP contribution in [-0.2, 0) is 46.0 Å². The van der Waals surface area contributed by atoms with Crippen molar-refractivity contribution >= 4 is 24.5 Å². The summed E-state index contributed by atoms with van der Waals surface area (Å²) in [6, 6.07) is 14.0. The molecule has 2 aromatic carbocycles. The van der Waals surface area contributed by atoms with Crippen LogP contribution in [0.1, 0.15) is 177 Å². The molecule has 8 nitrogen and oxygen atoms in total. The van der Waals surface area contributed by atoms with Crippen molar-refractivity contribution in [2.24, 2.45) is 5.92 Å². The van der Waals surface area contributed by atoms with Crippen LogP contribution in [0, 0.1) is 5.92 Å². The maximum absolute atomic E-state index is 12.1. The molecule has 0 bridgehead atoms. The minimum absolute atomic E-state index is 0. The zero-order chi connectivity index (χ0) is 43.6. The zero-order valence-corrected chi connectivity index (χ0v) is 38.8. The number of hydrogen-bond donors (Lipinski definition) is 2. The number of hydrogen-bond acceptors (Lipinski definition) is 6. The summed E-state index contributed by atoms with van der Waals surface area (Å²) in [6.45, 7) is 25.7. The Morgan fingerprint density at radius 2 is 1.13 bits per heavy atom. The van der Waals surface area contributed by atoms with Gasteiger partial charge in [-0.2, -0.15) is 0 Å². The molecule has 1 saturated heterocycles. The zero-order valence-electron chi connectivity index (χ0n) is 38.8. The first kappa shape index (κ1) is 56.0. The highest BCUT2D eigenvalue weighted by atomic mass is 16.7. The molecule has 0 aromatic heterocycles. The van der Waals surface area contributed by atoms with E-state index in [0.29, 0.717) is 24.3 Å². The van der Waals surface area contributed by atoms with Gasteiger partial charge in [-0.1, -0.05) is 147 Å². The highest BCUT2D eigenvalue weighted by molar-refractivity contribution is 6.46. The van der Waals surface area contributed by atoms with Crippen LogP contribution in [0.2, 0.25) is 6.32 Å². The first-order valence-electron chi connectivity index (χ1n) is 21.8. The molecule has 1 saturated carbocycles. The van der Waals surface area contributed by atoms with Gasteiger partial charge in [-0.3, -0.25) is 9.59 Å². The second-order valence-corrected chi connectivity index (χ2v) is 20.8. The van der Waals surface area contributed by atoms with Crippen molar-refractivity contribution in [1.82, 2.24) is 9.80 Å². The smallest absolute Gasteiger partial charge is 0.397 e. The predicted molar refractivity (Wildman–Crippen MR) is 260 cm³/mol. The van der Waals surface area contributed by atoms with E-state index in [9.17, 15) is 14.7 Å². The van der Waals surface area contributed by atoms with Crippen LogP contribution in [-0.4, -0.2) is 92.6 Å². The number of unbranched alkanes of at least 4 members (excludes halogenated alkanes) is 1. The van der Waals surface area contributed by atoms with E-state index in [2.05, 4.69) is 113 Å². The van der Waals surface area contributed by atoms with E-state index in [1.165, 1.54) is 68.9 Å². The number of likely N-dealkylation sites (N-methyl/N-ethyl adjacent to an activating group) is 2. The quantitative estimate of drug-likeness (QED) is 0.244. The normalized spacial score (nSPS) is 24.6. The number of benzene rings is 2. The van der Waals surface area contributed by atoms with Gasteiger partial charge in [0, 0.05) is 34.8 Å². The first-order valence-corrected chi connectivity index (χ1v) is 21.8. The number of aliphatic hydroxyl groups excluding tert-OH is 2. The number of carbonyl (C=O) groups is 2. The van der Waals surface area contributed by atoms with E-state index in [1.54, 1.807) is 28.2 Å². The Morgan fingerprint density at radius 3 is 1.52 bits per heavy atom. The number of nitrogens with zero attached hydrogens (tertiary/aromatic N) is 2. The van der Waals surface area contributed by atoms with E-state index in [4.69, 9.17) is 14.4 Å². The number of aliphatic hydroxyl groups is 2. The molecule has 6 rings (SSSR count). The number of fused-ring (bicyclic) bond motifs is 2. The summed E-state index contributed by atoms with van der Waals surface area (Å²) in [7, 11) is 6.09. The van der Waals surface area contributed by atoms with E-state index in [-0.39, 0.29) is 62.4 Å². The number of allylic oxidation sites excluding steroid dienone is 1. The van der Waals surface area contributed by atoms with Crippen LogP contribution in [0.5, 0.6) is 0 Å². The lowest BCUT2D eigenvalue weighted by Crippen LogP contribution is -2.47. The van der Waals surface area contributed by atoms with Crippen molar-refractivity contribution in [3.05, 3.63) is 75.9 Å². The maximum atomic E-state index is 12.1. The molecule has 4 atom stereocenters. The minimum Gasteiger partial charge on any atom is -0.397 e. The molecule has 9 heteroatoms. The monoisotopic (exact) mass is 849 g/mol. The van der Waals surface area contributed by atoms with Crippen LogP contribution in [0.4, 0.5) is 0 Å². The lowest BCUT2D eigenvalue weighted by molar-refractivity contribution is -0.146. The Bertz CT molecular complexity index is 1770. The van der Waals surface area contributed by atoms with E-state index >= 15 is 0 Å². The molecular weight excluding hydrogens is 759 g/mol. The average Bonchev–Trinajstić information content (AvgIpc) is 3.67. The topological polar surface area (TPSA) is 99.5 Å². The standard InChI is InChI=1S/C19H28O.C18H26O.C12H23BN2O4.3CH4/c1-17(2)8-9-18(3,4)16-10-13(6-7-15(16)17)19(5)11-14(19)12-20;1-13(8-11-19)14-6-7-15-16(12-14)18(4,5)10-9-17(15,2)3;1-6-7-8-13-18-9(11(16)14(2)3)10(19-13)12(17)15(4)5;;;/h6-7,10,14,20H,8-9,11-12H2,1-5H3;6-8,12,19H,9-11H2,1-5H3;9-10H,6-8H2,1-5H3;3*1H4/b;13-8-;;;;/t14-,19+;;9-,10-;;;/m0.0.../s1. The second-order valence-electron chi connectivity index (χ2n) is 20.8. The number of amides is 2. The van der Waals surface area contributed by atoms with Gasteiger partial charge in [0.25, 0.3) is 11.8 Å². The fraction of sp³-hybridized carbons (Fsp3) is 0.692. The van der Waals surface area contributed by atoms with E-state index in [1.807, 2.05) is 6.08 Å². The molecule has 0 spiro atoms. The summed E-state index contributed by atoms with van der Waals surface area (Å²) in [6.07, 6.45) is 8.99. The molecule has 346 valence electrons. The Labute approximate surface area is 374 Å². The van der Waals surface area contributed by atoms with Gasteiger partial charge in [-0.25, -0.2) is 0 Å². The highest BCUT2D eigenvalue weighted by Gasteiger charge is 2.51. The molecule has 0 radical (unpaired) electrons. The van der Waals surface area contributed by atoms with Gasteiger partial charge in [0.2, 0.25) is 0 Å². The SMILES string of the molecule is C.C.C.C/C(=C/CO)c1ccc2c(c1)C(C)(C)CCC2(C)C.CC1(C)CCC(C)(C)c2cc([C@@]3(C)C[C@H]3CO)ccc21.CCCCB1O[C@H](C(=O)N(C)C)[C@@H](C(=O)N(C)C)O1. The minimum atomic E-state index is -0.841. The molecule has 4 aliphatic rings. The third kappa shape index (κ3) is 12.6. The summed E-state index contributed by atoms with van der Waals surface area (Å²) < 4.78 is 11.2. The molecule has 2 N–H and O–H groups in total. The molecule has 2 amide bonds. The average molecular weight is 849 g/mol. The third-order valence-corrected chi connectivity index (χ3v) is 13.9. The molecule has 2 aromatic rings. The summed E-state index contributed by atoms with van der Waals surface area (Å²) in [4.78, 5) is 26.9. The van der Waals surface area contributed by atoms with Crippen molar-refractivity contribution in [3.8, 4) is 0 Å². The van der Waals surface area contributed by atoms with Crippen molar-refractivity contribution in [3.63, 3.8) is 0 Å². The van der Waals surface area contributed by atoms with Gasteiger partial charge in [-0.15, -0.1) is 0 Å². The molecule has 3 aliphatic carbocycles. The van der Waals surface area contributed by atoms with Crippen LogP contribution in [0.15, 0.2) is 42.5 Å². The van der Waals surface area contributed by atoms with E-state index < -0.39 is 19.3 Å². The number of carbonyl (C=O) groups excluding carboxylic acids is 2. The van der Waals surface area contributed by atoms with Crippen LogP contribution in [0.3, 0.4) is 0 Å². The van der Waals surface area contributed by atoms with Gasteiger partial charge in [0.15, 0.2) is 12.2 Å². The molecular formula is C52H89BN2O6. The Balaban J connectivity index is 0.000000447. The van der Waals surface area contributed by atoms with Crippen LogP contribution < -0.4 is 0 Å². The van der Waals surface area contributed by atoms with Crippen molar-refractivity contribution < 1.29 is 29.1 Å². The summed E-state index contributed by atoms with van der Waals surface area (Å²) in [5.74, 6) is -0.0151. The van der Waals surface area contributed by atoms with E-state index in [0.717, 1.165) is 24.8 Å². The summed E-state index contributed by atoms with van der Waals surface area (Å²) in [5, 5.41) is 18.5. The van der Waals surface area contributed by atoms with Crippen molar-refractivity contribution in [2.45, 2.75) is 189 Å². The Morgan fingerprint density at radius 1 is 0.705 bits per heavy atom. The number of rotatable bonds is 9. The third-order valence-electron chi connectivity index (χ3n) is 13.9. The first-order chi connectivity index (χ1) is 26.9. The lowest BCUT2D eigenvalue weighted by atomic mass is 9.62. The molecule has 1 aliphatic heterocycles. The fourth-order valence-electron chi connectivity index (χ4n) is 9.00. The largest absolute Gasteiger partial charge is 0.458 e. The predicted octanol–water partition coefficient (Wildman–Crippen LogP) is 10.9. The molecule has 0 unspecified atom stereocenters. The molecule has 2 fully saturated rings. The van der Waals surface area contributed by atoms with Gasteiger partial charge in [-0.05, 0) is 117 Å². The second kappa shape index (κ2) is 21.6. The molecule has 61 heavy (non-hydrogen) atoms.